The molecule has 0 fully saturated rings. The van der Waals surface area contributed by atoms with Gasteiger partial charge in [-0.2, -0.15) is 10.2 Å². The first kappa shape index (κ1) is 22.2. The molecule has 5 aromatic heterocycles. The van der Waals surface area contributed by atoms with Gasteiger partial charge >= 0.3 is 0 Å². The second kappa shape index (κ2) is 8.76. The number of aromatic nitrogens is 7. The van der Waals surface area contributed by atoms with E-state index >= 15 is 0 Å². The van der Waals surface area contributed by atoms with E-state index in [0.717, 1.165) is 52.2 Å². The highest BCUT2D eigenvalue weighted by Crippen LogP contribution is 2.33. The first-order valence-corrected chi connectivity index (χ1v) is 11.8. The summed E-state index contributed by atoms with van der Waals surface area (Å²) in [6.07, 6.45) is 6.01. The summed E-state index contributed by atoms with van der Waals surface area (Å²) in [5.41, 5.74) is 3.58. The molecule has 6 heterocycles. The van der Waals surface area contributed by atoms with E-state index in [1.807, 2.05) is 38.1 Å². The van der Waals surface area contributed by atoms with Crippen LogP contribution in [0.2, 0.25) is 0 Å². The normalized spacial score (nSPS) is 13.5. The van der Waals surface area contributed by atoms with Crippen LogP contribution in [-0.2, 0) is 20.1 Å². The Bertz CT molecular complexity index is 1560. The van der Waals surface area contributed by atoms with Crippen molar-refractivity contribution >= 4 is 22.5 Å². The maximum absolute atomic E-state index is 6.24. The monoisotopic (exact) mass is 485 g/mol. The van der Waals surface area contributed by atoms with Crippen molar-refractivity contribution in [2.45, 2.75) is 26.4 Å². The number of aryl methyl sites for hydroxylation is 3. The van der Waals surface area contributed by atoms with Crippen molar-refractivity contribution in [3.05, 3.63) is 48.1 Å². The highest BCUT2D eigenvalue weighted by Gasteiger charge is 2.20. The summed E-state index contributed by atoms with van der Waals surface area (Å²) in [6.45, 7) is 3.95. The third-order valence-electron chi connectivity index (χ3n) is 6.14. The van der Waals surface area contributed by atoms with E-state index < -0.39 is 0 Å². The van der Waals surface area contributed by atoms with Crippen LogP contribution in [0.4, 0.5) is 11.6 Å². The molecule has 1 aliphatic rings. The summed E-state index contributed by atoms with van der Waals surface area (Å²) in [4.78, 5) is 15.8. The molecule has 4 bridgehead atoms. The van der Waals surface area contributed by atoms with Crippen molar-refractivity contribution in [1.82, 2.24) is 39.4 Å². The van der Waals surface area contributed by atoms with E-state index in [-0.39, 0.29) is 0 Å². The van der Waals surface area contributed by atoms with Crippen LogP contribution in [-0.4, -0.2) is 60.1 Å². The molecule has 184 valence electrons. The number of ether oxygens (including phenoxy) is 1. The van der Waals surface area contributed by atoms with Gasteiger partial charge in [-0.25, -0.2) is 19.6 Å². The largest absolute Gasteiger partial charge is 0.477 e. The lowest BCUT2D eigenvalue weighted by molar-refractivity contribution is 0.276. The van der Waals surface area contributed by atoms with E-state index in [1.54, 1.807) is 23.1 Å². The predicted octanol–water partition coefficient (Wildman–Crippen LogP) is 3.78. The minimum absolute atomic E-state index is 0.492. The van der Waals surface area contributed by atoms with Gasteiger partial charge in [0.15, 0.2) is 11.6 Å². The van der Waals surface area contributed by atoms with E-state index in [4.69, 9.17) is 14.3 Å². The molecule has 6 rings (SSSR count). The molecule has 1 aliphatic heterocycles. The van der Waals surface area contributed by atoms with Crippen LogP contribution in [0.25, 0.3) is 33.7 Å². The van der Waals surface area contributed by atoms with Crippen molar-refractivity contribution in [1.29, 1.82) is 0 Å². The second-order valence-corrected chi connectivity index (χ2v) is 9.19. The van der Waals surface area contributed by atoms with Gasteiger partial charge in [-0.05, 0) is 38.7 Å². The summed E-state index contributed by atoms with van der Waals surface area (Å²) >= 11 is 0. The van der Waals surface area contributed by atoms with Crippen LogP contribution in [0.3, 0.4) is 0 Å². The number of fused-ring (bicyclic) bond motifs is 5. The Hall–Kier alpha value is -4.25. The summed E-state index contributed by atoms with van der Waals surface area (Å²) in [5, 5.41) is 13.5. The maximum Gasteiger partial charge on any atom is 0.222 e. The lowest BCUT2D eigenvalue weighted by Crippen LogP contribution is -2.10. The number of hydrogen-bond acceptors (Lipinski definition) is 9. The quantitative estimate of drug-likeness (QED) is 0.408. The molecule has 5 aromatic rings. The molecule has 0 saturated heterocycles. The van der Waals surface area contributed by atoms with Gasteiger partial charge in [0.2, 0.25) is 5.88 Å². The van der Waals surface area contributed by atoms with Crippen LogP contribution >= 0.6 is 0 Å². The molecule has 11 heteroatoms. The number of furan rings is 1. The summed E-state index contributed by atoms with van der Waals surface area (Å²) in [7, 11) is 5.90. The second-order valence-electron chi connectivity index (χ2n) is 9.19. The minimum Gasteiger partial charge on any atom is -0.477 e. The summed E-state index contributed by atoms with van der Waals surface area (Å²) in [5.74, 6) is 4.14. The first-order chi connectivity index (χ1) is 17.5. The van der Waals surface area contributed by atoms with E-state index in [1.165, 1.54) is 0 Å². The van der Waals surface area contributed by atoms with Gasteiger partial charge in [-0.3, -0.25) is 4.68 Å². The lowest BCUT2D eigenvalue weighted by Gasteiger charge is -2.11. The molecule has 0 aromatic carbocycles. The topological polar surface area (TPSA) is 112 Å². The highest BCUT2D eigenvalue weighted by molar-refractivity contribution is 5.93. The zero-order valence-electron chi connectivity index (χ0n) is 20.7. The fourth-order valence-corrected chi connectivity index (χ4v) is 4.39. The van der Waals surface area contributed by atoms with Crippen molar-refractivity contribution < 1.29 is 9.15 Å². The van der Waals surface area contributed by atoms with Gasteiger partial charge in [0, 0.05) is 43.9 Å². The molecule has 36 heavy (non-hydrogen) atoms. The molecule has 0 aliphatic carbocycles. The van der Waals surface area contributed by atoms with Crippen LogP contribution in [0, 0.1) is 6.92 Å². The van der Waals surface area contributed by atoms with Crippen LogP contribution in [0.1, 0.15) is 17.7 Å². The Morgan fingerprint density at radius 3 is 2.89 bits per heavy atom. The van der Waals surface area contributed by atoms with Gasteiger partial charge in [-0.1, -0.05) is 0 Å². The van der Waals surface area contributed by atoms with Crippen molar-refractivity contribution in [3.63, 3.8) is 0 Å². The highest BCUT2D eigenvalue weighted by atomic mass is 16.5. The van der Waals surface area contributed by atoms with Crippen molar-refractivity contribution in [2.24, 2.45) is 7.05 Å². The first-order valence-electron chi connectivity index (χ1n) is 11.8. The molecule has 0 amide bonds. The van der Waals surface area contributed by atoms with Crippen molar-refractivity contribution in [3.8, 4) is 28.7 Å². The van der Waals surface area contributed by atoms with Gasteiger partial charge < -0.3 is 19.4 Å². The average Bonchev–Trinajstić information content (AvgIpc) is 3.51. The third kappa shape index (κ3) is 3.97. The molecule has 0 spiro atoms. The lowest BCUT2D eigenvalue weighted by atomic mass is 10.2. The fraction of sp³-hybridized carbons (Fsp3) is 0.320. The Kier molecular flexibility index (Phi) is 5.41. The molecule has 0 atom stereocenters. The Morgan fingerprint density at radius 2 is 2.03 bits per heavy atom. The van der Waals surface area contributed by atoms with Gasteiger partial charge in [0.05, 0.1) is 24.9 Å². The number of nitrogens with one attached hydrogen (secondary N) is 1. The van der Waals surface area contributed by atoms with Crippen LogP contribution in [0.5, 0.6) is 5.88 Å². The minimum atomic E-state index is 0.492. The molecule has 0 radical (unpaired) electrons. The van der Waals surface area contributed by atoms with E-state index in [2.05, 4.69) is 43.3 Å². The number of rotatable bonds is 3. The van der Waals surface area contributed by atoms with Gasteiger partial charge in [-0.15, -0.1) is 0 Å². The average molecular weight is 486 g/mol. The number of pyridine rings is 1. The number of hydrogen-bond donors (Lipinski definition) is 1. The smallest absolute Gasteiger partial charge is 0.222 e. The predicted molar refractivity (Wildman–Crippen MR) is 135 cm³/mol. The van der Waals surface area contributed by atoms with E-state index in [9.17, 15) is 0 Å². The van der Waals surface area contributed by atoms with Gasteiger partial charge in [0.1, 0.15) is 28.7 Å². The standard InChI is InChI=1S/C25H27N9O2/c1-15-10-19(36-20(15)14-32(2)3)23-16-12-27-22-11-18(16)34(31-23)8-5-9-35-25-17(13-28-33(25)4)24-26-7-6-21(29-22)30-24/h6-7,10-13H,5,8-9,14H2,1-4H3,(H,26,27,29,30). The zero-order chi connectivity index (χ0) is 24.8. The molecule has 11 nitrogen and oxygen atoms in total. The van der Waals surface area contributed by atoms with Gasteiger partial charge in [0.25, 0.3) is 0 Å². The Morgan fingerprint density at radius 1 is 1.14 bits per heavy atom. The summed E-state index contributed by atoms with van der Waals surface area (Å²) in [6, 6.07) is 5.85. The number of anilines is 2. The van der Waals surface area contributed by atoms with Crippen LogP contribution < -0.4 is 10.1 Å². The SMILES string of the molecule is Cc1cc(-c2nn3c4cc(ncc24)Nc2ccnc(n2)-c2cnn(C)c2OCCC3)oc1CN(C)C. The molecule has 0 saturated carbocycles. The van der Waals surface area contributed by atoms with Crippen LogP contribution in [0.15, 0.2) is 41.2 Å². The summed E-state index contributed by atoms with van der Waals surface area (Å²) < 4.78 is 16.1. The molecular formula is C25H27N9O2. The Labute approximate surface area is 207 Å². The number of nitrogens with zero attached hydrogens (tertiary/aromatic N) is 8. The van der Waals surface area contributed by atoms with Crippen molar-refractivity contribution in [2.75, 3.05) is 26.0 Å². The molecular weight excluding hydrogens is 458 g/mol. The maximum atomic E-state index is 6.24. The Balaban J connectivity index is 1.43. The zero-order valence-corrected chi connectivity index (χ0v) is 20.7. The molecule has 1 N–H and O–H groups in total. The van der Waals surface area contributed by atoms with E-state index in [0.29, 0.717) is 36.5 Å². The molecule has 0 unspecified atom stereocenters. The third-order valence-corrected chi connectivity index (χ3v) is 6.14. The fourth-order valence-electron chi connectivity index (χ4n) is 4.39.